The van der Waals surface area contributed by atoms with Crippen molar-refractivity contribution in [2.75, 3.05) is 26.2 Å². The van der Waals surface area contributed by atoms with Gasteiger partial charge in [-0.25, -0.2) is 0 Å². The van der Waals surface area contributed by atoms with E-state index in [1.807, 2.05) is 0 Å². The Morgan fingerprint density at radius 3 is 2.31 bits per heavy atom. The van der Waals surface area contributed by atoms with Crippen molar-refractivity contribution in [3.8, 4) is 0 Å². The van der Waals surface area contributed by atoms with Crippen molar-refractivity contribution in [1.82, 2.24) is 4.90 Å². The molecule has 2 nitrogen and oxygen atoms in total. The molecule has 0 radical (unpaired) electrons. The summed E-state index contributed by atoms with van der Waals surface area (Å²) in [6.45, 7) is 6.51. The SMILES string of the molecule is CCN1C[C@H]2CC(CCO)C[C@H]2C1. The van der Waals surface area contributed by atoms with Gasteiger partial charge in [-0.1, -0.05) is 6.92 Å². The molecule has 1 unspecified atom stereocenters. The molecular weight excluding hydrogens is 162 g/mol. The Hall–Kier alpha value is -0.0800. The van der Waals surface area contributed by atoms with Gasteiger partial charge in [0, 0.05) is 19.7 Å². The Balaban J connectivity index is 1.82. The minimum Gasteiger partial charge on any atom is -0.396 e. The van der Waals surface area contributed by atoms with E-state index in [1.54, 1.807) is 0 Å². The lowest BCUT2D eigenvalue weighted by Crippen LogP contribution is -2.21. The first kappa shape index (κ1) is 9.47. The van der Waals surface area contributed by atoms with E-state index in [4.69, 9.17) is 5.11 Å². The molecule has 0 bridgehead atoms. The predicted octanol–water partition coefficient (Wildman–Crippen LogP) is 1.35. The van der Waals surface area contributed by atoms with Gasteiger partial charge in [0.1, 0.15) is 0 Å². The summed E-state index contributed by atoms with van der Waals surface area (Å²) < 4.78 is 0. The van der Waals surface area contributed by atoms with E-state index in [2.05, 4.69) is 11.8 Å². The molecule has 0 aromatic heterocycles. The van der Waals surface area contributed by atoms with Crippen molar-refractivity contribution in [2.45, 2.75) is 26.2 Å². The minimum atomic E-state index is 0.390. The summed E-state index contributed by atoms with van der Waals surface area (Å²) in [4.78, 5) is 2.57. The van der Waals surface area contributed by atoms with Gasteiger partial charge in [0.2, 0.25) is 0 Å². The normalized spacial score (nSPS) is 39.7. The first-order valence-corrected chi connectivity index (χ1v) is 5.66. The Morgan fingerprint density at radius 1 is 1.23 bits per heavy atom. The molecule has 2 heteroatoms. The summed E-state index contributed by atoms with van der Waals surface area (Å²) in [5.74, 6) is 2.74. The zero-order valence-corrected chi connectivity index (χ0v) is 8.58. The number of likely N-dealkylation sites (tertiary alicyclic amines) is 1. The third kappa shape index (κ3) is 1.89. The van der Waals surface area contributed by atoms with Gasteiger partial charge in [-0.2, -0.15) is 0 Å². The molecule has 0 amide bonds. The fourth-order valence-corrected chi connectivity index (χ4v) is 3.20. The molecule has 1 aliphatic carbocycles. The van der Waals surface area contributed by atoms with Crippen LogP contribution in [-0.4, -0.2) is 36.2 Å². The number of rotatable bonds is 3. The second kappa shape index (κ2) is 3.97. The Bertz CT molecular complexity index is 157. The maximum absolute atomic E-state index is 8.88. The number of hydrogen-bond acceptors (Lipinski definition) is 2. The van der Waals surface area contributed by atoms with Crippen molar-refractivity contribution in [3.05, 3.63) is 0 Å². The van der Waals surface area contributed by atoms with Crippen LogP contribution in [0.3, 0.4) is 0 Å². The highest BCUT2D eigenvalue weighted by molar-refractivity contribution is 4.91. The summed E-state index contributed by atoms with van der Waals surface area (Å²) in [6.07, 6.45) is 3.79. The number of aliphatic hydroxyl groups is 1. The summed E-state index contributed by atoms with van der Waals surface area (Å²) >= 11 is 0. The second-order valence-corrected chi connectivity index (χ2v) is 4.72. The van der Waals surface area contributed by atoms with Crippen LogP contribution >= 0.6 is 0 Å². The lowest BCUT2D eigenvalue weighted by molar-refractivity contribution is 0.244. The standard InChI is InChI=1S/C11H21NO/c1-2-12-7-10-5-9(3-4-13)6-11(10)8-12/h9-11,13H,2-8H2,1H3/t9?,10-,11+. The number of fused-ring (bicyclic) bond motifs is 1. The first-order valence-electron chi connectivity index (χ1n) is 5.66. The molecule has 2 aliphatic rings. The molecule has 3 atom stereocenters. The van der Waals surface area contributed by atoms with Gasteiger partial charge in [-0.15, -0.1) is 0 Å². The summed E-state index contributed by atoms with van der Waals surface area (Å²) in [5.41, 5.74) is 0. The van der Waals surface area contributed by atoms with Gasteiger partial charge in [-0.05, 0) is 43.6 Å². The quantitative estimate of drug-likeness (QED) is 0.714. The maximum Gasteiger partial charge on any atom is 0.0433 e. The molecule has 1 saturated heterocycles. The molecule has 0 aromatic rings. The molecule has 2 fully saturated rings. The van der Waals surface area contributed by atoms with Crippen molar-refractivity contribution in [1.29, 1.82) is 0 Å². The van der Waals surface area contributed by atoms with E-state index < -0.39 is 0 Å². The van der Waals surface area contributed by atoms with Crippen molar-refractivity contribution < 1.29 is 5.11 Å². The molecule has 1 heterocycles. The molecule has 13 heavy (non-hydrogen) atoms. The van der Waals surface area contributed by atoms with Gasteiger partial charge in [0.25, 0.3) is 0 Å². The molecule has 1 saturated carbocycles. The topological polar surface area (TPSA) is 23.5 Å². The second-order valence-electron chi connectivity index (χ2n) is 4.72. The van der Waals surface area contributed by atoms with Gasteiger partial charge in [0.15, 0.2) is 0 Å². The maximum atomic E-state index is 8.88. The van der Waals surface area contributed by atoms with Gasteiger partial charge < -0.3 is 10.0 Å². The van der Waals surface area contributed by atoms with Crippen LogP contribution in [0.2, 0.25) is 0 Å². The van der Waals surface area contributed by atoms with Crippen LogP contribution in [0, 0.1) is 17.8 Å². The van der Waals surface area contributed by atoms with Crippen molar-refractivity contribution in [2.24, 2.45) is 17.8 Å². The van der Waals surface area contributed by atoms with E-state index in [9.17, 15) is 0 Å². The van der Waals surface area contributed by atoms with Crippen molar-refractivity contribution in [3.63, 3.8) is 0 Å². The van der Waals surface area contributed by atoms with Crippen LogP contribution in [0.15, 0.2) is 0 Å². The van der Waals surface area contributed by atoms with E-state index in [1.165, 1.54) is 32.5 Å². The molecule has 1 aliphatic heterocycles. The monoisotopic (exact) mass is 183 g/mol. The third-order valence-corrected chi connectivity index (χ3v) is 3.91. The van der Waals surface area contributed by atoms with Crippen LogP contribution in [-0.2, 0) is 0 Å². The van der Waals surface area contributed by atoms with Crippen LogP contribution in [0.1, 0.15) is 26.2 Å². The molecule has 1 N–H and O–H groups in total. The first-order chi connectivity index (χ1) is 6.33. The molecule has 0 aromatic carbocycles. The Labute approximate surface area is 80.9 Å². The van der Waals surface area contributed by atoms with Crippen LogP contribution in [0.4, 0.5) is 0 Å². The van der Waals surface area contributed by atoms with Gasteiger partial charge >= 0.3 is 0 Å². The lowest BCUT2D eigenvalue weighted by Gasteiger charge is -2.15. The number of nitrogens with zero attached hydrogens (tertiary/aromatic N) is 1. The third-order valence-electron chi connectivity index (χ3n) is 3.91. The van der Waals surface area contributed by atoms with E-state index in [0.717, 1.165) is 24.2 Å². The fraction of sp³-hybridized carbons (Fsp3) is 1.00. The highest BCUT2D eigenvalue weighted by Gasteiger charge is 2.39. The van der Waals surface area contributed by atoms with Gasteiger partial charge in [-0.3, -0.25) is 0 Å². The van der Waals surface area contributed by atoms with Gasteiger partial charge in [0.05, 0.1) is 0 Å². The largest absolute Gasteiger partial charge is 0.396 e. The lowest BCUT2D eigenvalue weighted by atomic mass is 10.0. The highest BCUT2D eigenvalue weighted by Crippen LogP contribution is 2.42. The minimum absolute atomic E-state index is 0.390. The summed E-state index contributed by atoms with van der Waals surface area (Å²) in [6, 6.07) is 0. The summed E-state index contributed by atoms with van der Waals surface area (Å²) in [7, 11) is 0. The summed E-state index contributed by atoms with van der Waals surface area (Å²) in [5, 5.41) is 8.88. The number of hydrogen-bond donors (Lipinski definition) is 1. The number of aliphatic hydroxyl groups excluding tert-OH is 1. The predicted molar refractivity (Wildman–Crippen MR) is 53.5 cm³/mol. The average molecular weight is 183 g/mol. The smallest absolute Gasteiger partial charge is 0.0433 e. The van der Waals surface area contributed by atoms with E-state index in [0.29, 0.717) is 6.61 Å². The molecule has 0 spiro atoms. The highest BCUT2D eigenvalue weighted by atomic mass is 16.3. The van der Waals surface area contributed by atoms with Crippen molar-refractivity contribution >= 4 is 0 Å². The zero-order valence-electron chi connectivity index (χ0n) is 8.58. The van der Waals surface area contributed by atoms with Crippen LogP contribution in [0.5, 0.6) is 0 Å². The molecular formula is C11H21NO. The zero-order chi connectivity index (χ0) is 9.26. The fourth-order valence-electron chi connectivity index (χ4n) is 3.20. The molecule has 76 valence electrons. The Morgan fingerprint density at radius 2 is 1.85 bits per heavy atom. The van der Waals surface area contributed by atoms with E-state index >= 15 is 0 Å². The molecule has 2 rings (SSSR count). The van der Waals surface area contributed by atoms with Crippen LogP contribution < -0.4 is 0 Å². The Kier molecular flexibility index (Phi) is 2.89. The average Bonchev–Trinajstić information content (AvgIpc) is 2.61. The van der Waals surface area contributed by atoms with Crippen LogP contribution in [0.25, 0.3) is 0 Å². The van der Waals surface area contributed by atoms with E-state index in [-0.39, 0.29) is 0 Å².